The fourth-order valence-electron chi connectivity index (χ4n) is 1.85. The Balaban J connectivity index is 2.45. The second kappa shape index (κ2) is 8.05. The van der Waals surface area contributed by atoms with Gasteiger partial charge >= 0.3 is 0 Å². The summed E-state index contributed by atoms with van der Waals surface area (Å²) in [6, 6.07) is 9.33. The molecule has 1 aromatic rings. The lowest BCUT2D eigenvalue weighted by atomic mass is 10.2. The molecular formula is C15H21N3O2. The first-order valence-electron chi connectivity index (χ1n) is 6.70. The standard InChI is InChI=1S/C15H21N3O2/c1-12(2)18(10-5-9-16)15(19)8-11-20-14-7-4-3-6-13(14)17/h3-4,6-7,12H,5,8,10-11,17H2,1-2H3. The molecule has 0 bridgehead atoms. The van der Waals surface area contributed by atoms with Gasteiger partial charge in [0.1, 0.15) is 5.75 Å². The lowest BCUT2D eigenvalue weighted by Gasteiger charge is -2.25. The summed E-state index contributed by atoms with van der Waals surface area (Å²) in [4.78, 5) is 13.8. The fraction of sp³-hybridized carbons (Fsp3) is 0.467. The Kier molecular flexibility index (Phi) is 6.38. The van der Waals surface area contributed by atoms with Crippen LogP contribution in [0.3, 0.4) is 0 Å². The molecule has 0 aliphatic rings. The van der Waals surface area contributed by atoms with Crippen molar-refractivity contribution in [3.8, 4) is 11.8 Å². The van der Waals surface area contributed by atoms with E-state index in [9.17, 15) is 4.79 Å². The number of rotatable bonds is 7. The highest BCUT2D eigenvalue weighted by atomic mass is 16.5. The van der Waals surface area contributed by atoms with Crippen LogP contribution in [0.4, 0.5) is 5.69 Å². The molecule has 0 fully saturated rings. The molecule has 0 atom stereocenters. The van der Waals surface area contributed by atoms with Crippen LogP contribution in [-0.2, 0) is 4.79 Å². The number of carbonyl (C=O) groups is 1. The lowest BCUT2D eigenvalue weighted by Crippen LogP contribution is -2.38. The summed E-state index contributed by atoms with van der Waals surface area (Å²) in [5.41, 5.74) is 6.32. The molecule has 0 heterocycles. The van der Waals surface area contributed by atoms with E-state index in [1.165, 1.54) is 0 Å². The second-order valence-electron chi connectivity index (χ2n) is 4.73. The largest absolute Gasteiger partial charge is 0.491 e. The van der Waals surface area contributed by atoms with Crippen LogP contribution in [-0.4, -0.2) is 30.0 Å². The summed E-state index contributed by atoms with van der Waals surface area (Å²) in [7, 11) is 0. The van der Waals surface area contributed by atoms with Gasteiger partial charge in [0.25, 0.3) is 0 Å². The van der Waals surface area contributed by atoms with Crippen molar-refractivity contribution in [3.05, 3.63) is 24.3 Å². The molecule has 0 spiro atoms. The number of nitrogens with zero attached hydrogens (tertiary/aromatic N) is 2. The van der Waals surface area contributed by atoms with E-state index >= 15 is 0 Å². The Morgan fingerprint density at radius 1 is 1.45 bits per heavy atom. The fourth-order valence-corrected chi connectivity index (χ4v) is 1.85. The van der Waals surface area contributed by atoms with Crippen molar-refractivity contribution in [2.75, 3.05) is 18.9 Å². The third kappa shape index (κ3) is 4.81. The smallest absolute Gasteiger partial charge is 0.226 e. The minimum Gasteiger partial charge on any atom is -0.491 e. The summed E-state index contributed by atoms with van der Waals surface area (Å²) in [6.45, 7) is 4.61. The Bertz CT molecular complexity index is 480. The number of nitrogens with two attached hydrogens (primary N) is 1. The third-order valence-electron chi connectivity index (χ3n) is 2.90. The predicted octanol–water partition coefficient (Wildman–Crippen LogP) is 2.19. The van der Waals surface area contributed by atoms with Crippen LogP contribution in [0.2, 0.25) is 0 Å². The first-order valence-corrected chi connectivity index (χ1v) is 6.70. The van der Waals surface area contributed by atoms with Gasteiger partial charge < -0.3 is 15.4 Å². The van der Waals surface area contributed by atoms with Gasteiger partial charge in [0.05, 0.1) is 31.2 Å². The second-order valence-corrected chi connectivity index (χ2v) is 4.73. The number of carbonyl (C=O) groups excluding carboxylic acids is 1. The third-order valence-corrected chi connectivity index (χ3v) is 2.90. The van der Waals surface area contributed by atoms with E-state index in [1.807, 2.05) is 26.0 Å². The Labute approximate surface area is 119 Å². The maximum Gasteiger partial charge on any atom is 0.226 e. The molecule has 0 saturated carbocycles. The zero-order chi connectivity index (χ0) is 15.0. The van der Waals surface area contributed by atoms with Crippen LogP contribution in [0.15, 0.2) is 24.3 Å². The quantitative estimate of drug-likeness (QED) is 0.773. The van der Waals surface area contributed by atoms with Crippen LogP contribution < -0.4 is 10.5 Å². The van der Waals surface area contributed by atoms with Crippen LogP contribution in [0.5, 0.6) is 5.75 Å². The summed E-state index contributed by atoms with van der Waals surface area (Å²) < 4.78 is 5.50. The molecule has 1 aromatic carbocycles. The maximum atomic E-state index is 12.1. The molecule has 5 nitrogen and oxygen atoms in total. The lowest BCUT2D eigenvalue weighted by molar-refractivity contribution is -0.133. The number of nitrogen functional groups attached to an aromatic ring is 1. The number of ether oxygens (including phenoxy) is 1. The van der Waals surface area contributed by atoms with Crippen LogP contribution in [0.1, 0.15) is 26.7 Å². The average molecular weight is 275 g/mol. The molecule has 0 aliphatic heterocycles. The molecule has 2 N–H and O–H groups in total. The molecular weight excluding hydrogens is 254 g/mol. The molecule has 5 heteroatoms. The molecule has 0 aromatic heterocycles. The van der Waals surface area contributed by atoms with Gasteiger partial charge in [0.15, 0.2) is 0 Å². The molecule has 1 rings (SSSR count). The Morgan fingerprint density at radius 3 is 2.75 bits per heavy atom. The van der Waals surface area contributed by atoms with Gasteiger partial charge in [-0.3, -0.25) is 4.79 Å². The van der Waals surface area contributed by atoms with E-state index in [4.69, 9.17) is 15.7 Å². The average Bonchev–Trinajstić information content (AvgIpc) is 2.41. The molecule has 1 amide bonds. The number of hydrogen-bond donors (Lipinski definition) is 1. The monoisotopic (exact) mass is 275 g/mol. The number of benzene rings is 1. The van der Waals surface area contributed by atoms with E-state index in [-0.39, 0.29) is 25.0 Å². The number of anilines is 1. The van der Waals surface area contributed by atoms with Crippen molar-refractivity contribution >= 4 is 11.6 Å². The summed E-state index contributed by atoms with van der Waals surface area (Å²) in [6.07, 6.45) is 0.619. The van der Waals surface area contributed by atoms with Crippen LogP contribution in [0, 0.1) is 11.3 Å². The van der Waals surface area contributed by atoms with E-state index in [0.29, 0.717) is 24.4 Å². The molecule has 0 saturated heterocycles. The maximum absolute atomic E-state index is 12.1. The minimum atomic E-state index is -0.00949. The molecule has 108 valence electrons. The molecule has 0 radical (unpaired) electrons. The predicted molar refractivity (Wildman–Crippen MR) is 78.0 cm³/mol. The summed E-state index contributed by atoms with van der Waals surface area (Å²) >= 11 is 0. The van der Waals surface area contributed by atoms with Gasteiger partial charge in [0, 0.05) is 12.6 Å². The van der Waals surface area contributed by atoms with Gasteiger partial charge in [-0.1, -0.05) is 12.1 Å². The van der Waals surface area contributed by atoms with Gasteiger partial charge in [-0.2, -0.15) is 5.26 Å². The highest BCUT2D eigenvalue weighted by molar-refractivity contribution is 5.76. The summed E-state index contributed by atoms with van der Waals surface area (Å²) in [5, 5.41) is 8.61. The zero-order valence-electron chi connectivity index (χ0n) is 12.0. The van der Waals surface area contributed by atoms with Crippen molar-refractivity contribution in [3.63, 3.8) is 0 Å². The van der Waals surface area contributed by atoms with Crippen molar-refractivity contribution in [2.45, 2.75) is 32.7 Å². The van der Waals surface area contributed by atoms with E-state index in [0.717, 1.165) is 0 Å². The highest BCUT2D eigenvalue weighted by Gasteiger charge is 2.16. The van der Waals surface area contributed by atoms with Crippen LogP contribution in [0.25, 0.3) is 0 Å². The molecule has 0 aliphatic carbocycles. The van der Waals surface area contributed by atoms with Gasteiger partial charge in [-0.25, -0.2) is 0 Å². The van der Waals surface area contributed by atoms with Gasteiger partial charge in [-0.05, 0) is 26.0 Å². The minimum absolute atomic E-state index is 0.00949. The topological polar surface area (TPSA) is 79.3 Å². The Hall–Kier alpha value is -2.22. The first kappa shape index (κ1) is 15.8. The number of para-hydroxylation sites is 2. The normalized spacial score (nSPS) is 10.1. The molecule has 20 heavy (non-hydrogen) atoms. The van der Waals surface area contributed by atoms with Crippen molar-refractivity contribution in [2.24, 2.45) is 0 Å². The van der Waals surface area contributed by atoms with E-state index < -0.39 is 0 Å². The van der Waals surface area contributed by atoms with E-state index in [2.05, 4.69) is 6.07 Å². The van der Waals surface area contributed by atoms with Crippen molar-refractivity contribution in [1.29, 1.82) is 5.26 Å². The highest BCUT2D eigenvalue weighted by Crippen LogP contribution is 2.19. The van der Waals surface area contributed by atoms with Crippen molar-refractivity contribution < 1.29 is 9.53 Å². The molecule has 0 unspecified atom stereocenters. The van der Waals surface area contributed by atoms with Gasteiger partial charge in [0.2, 0.25) is 5.91 Å². The Morgan fingerprint density at radius 2 is 2.15 bits per heavy atom. The number of amides is 1. The van der Waals surface area contributed by atoms with E-state index in [1.54, 1.807) is 17.0 Å². The summed E-state index contributed by atoms with van der Waals surface area (Å²) in [5.74, 6) is 0.582. The number of hydrogen-bond acceptors (Lipinski definition) is 4. The van der Waals surface area contributed by atoms with Crippen molar-refractivity contribution in [1.82, 2.24) is 4.90 Å². The van der Waals surface area contributed by atoms with Crippen LogP contribution >= 0.6 is 0 Å². The number of nitriles is 1. The van der Waals surface area contributed by atoms with Gasteiger partial charge in [-0.15, -0.1) is 0 Å². The SMILES string of the molecule is CC(C)N(CCC#N)C(=O)CCOc1ccccc1N. The first-order chi connectivity index (χ1) is 9.56. The zero-order valence-corrected chi connectivity index (χ0v) is 12.0.